The van der Waals surface area contributed by atoms with E-state index in [2.05, 4.69) is 0 Å². The van der Waals surface area contributed by atoms with Crippen LogP contribution in [0.5, 0.6) is 0 Å². The monoisotopic (exact) mass is 312 g/mol. The fourth-order valence-electron chi connectivity index (χ4n) is 5.74. The second kappa shape index (κ2) is 3.99. The summed E-state index contributed by atoms with van der Waals surface area (Å²) < 4.78 is 0. The Labute approximate surface area is 124 Å². The SMILES string of the molecule is O=C(O)C12CC3CC(C1)CC(C(=O)O)(C3)C2(C(=O)O)C(=O)O. The average Bonchev–Trinajstić information content (AvgIpc) is 2.36. The molecule has 8 nitrogen and oxygen atoms in total. The van der Waals surface area contributed by atoms with Gasteiger partial charge in [-0.15, -0.1) is 0 Å². The van der Waals surface area contributed by atoms with Crippen LogP contribution in [0.15, 0.2) is 0 Å². The molecule has 0 aromatic carbocycles. The molecule has 0 atom stereocenters. The molecule has 0 amide bonds. The molecule has 0 unspecified atom stereocenters. The largest absolute Gasteiger partial charge is 0.481 e. The molecule has 4 aliphatic rings. The Morgan fingerprint density at radius 3 is 1.18 bits per heavy atom. The molecule has 4 saturated carbocycles. The van der Waals surface area contributed by atoms with Gasteiger partial charge in [0.1, 0.15) is 0 Å². The predicted octanol–water partition coefficient (Wildman–Crippen LogP) is 0.508. The van der Waals surface area contributed by atoms with Crippen LogP contribution < -0.4 is 0 Å². The number of carboxylic acids is 4. The van der Waals surface area contributed by atoms with Crippen LogP contribution in [-0.2, 0) is 19.2 Å². The second-order valence-electron chi connectivity index (χ2n) is 6.92. The number of carbonyl (C=O) groups is 4. The molecule has 4 rings (SSSR count). The molecular formula is C14H16O8. The van der Waals surface area contributed by atoms with Crippen molar-refractivity contribution < 1.29 is 39.6 Å². The van der Waals surface area contributed by atoms with E-state index in [0.717, 1.165) is 0 Å². The van der Waals surface area contributed by atoms with Crippen LogP contribution >= 0.6 is 0 Å². The lowest BCUT2D eigenvalue weighted by Crippen LogP contribution is -2.75. The molecule has 4 aliphatic carbocycles. The van der Waals surface area contributed by atoms with Crippen molar-refractivity contribution in [2.24, 2.45) is 28.1 Å². The third-order valence-electron chi connectivity index (χ3n) is 6.11. The summed E-state index contributed by atoms with van der Waals surface area (Å²) in [5, 5.41) is 38.8. The van der Waals surface area contributed by atoms with Gasteiger partial charge in [-0.3, -0.25) is 19.2 Å². The highest BCUT2D eigenvalue weighted by molar-refractivity contribution is 6.09. The van der Waals surface area contributed by atoms with Gasteiger partial charge in [0.05, 0.1) is 10.8 Å². The molecule has 0 radical (unpaired) electrons. The number of hydrogen-bond donors (Lipinski definition) is 4. The Hall–Kier alpha value is -2.12. The van der Waals surface area contributed by atoms with Crippen LogP contribution in [0.2, 0.25) is 0 Å². The van der Waals surface area contributed by atoms with Crippen molar-refractivity contribution in [3.63, 3.8) is 0 Å². The molecule has 0 spiro atoms. The molecule has 8 heteroatoms. The third kappa shape index (κ3) is 1.25. The van der Waals surface area contributed by atoms with Gasteiger partial charge < -0.3 is 20.4 Å². The normalized spacial score (nSPS) is 41.1. The quantitative estimate of drug-likeness (QED) is 0.548. The first-order valence-electron chi connectivity index (χ1n) is 7.07. The maximum Gasteiger partial charge on any atom is 0.323 e. The smallest absolute Gasteiger partial charge is 0.323 e. The molecule has 0 heterocycles. The van der Waals surface area contributed by atoms with Gasteiger partial charge in [-0.25, -0.2) is 0 Å². The van der Waals surface area contributed by atoms with Crippen molar-refractivity contribution in [3.8, 4) is 0 Å². The van der Waals surface area contributed by atoms with Crippen molar-refractivity contribution >= 4 is 23.9 Å². The summed E-state index contributed by atoms with van der Waals surface area (Å²) in [6.07, 6.45) is 0.275. The minimum absolute atomic E-state index is 0.0908. The van der Waals surface area contributed by atoms with Crippen molar-refractivity contribution in [2.45, 2.75) is 32.1 Å². The van der Waals surface area contributed by atoms with E-state index in [1.165, 1.54) is 0 Å². The van der Waals surface area contributed by atoms with E-state index in [1.807, 2.05) is 0 Å². The Bertz CT molecular complexity index is 542. The summed E-state index contributed by atoms with van der Waals surface area (Å²) in [6.45, 7) is 0. The molecule has 4 N–H and O–H groups in total. The molecule has 120 valence electrons. The number of rotatable bonds is 4. The minimum atomic E-state index is -2.83. The summed E-state index contributed by atoms with van der Waals surface area (Å²) in [5.74, 6) is -7.26. The van der Waals surface area contributed by atoms with Gasteiger partial charge in [-0.05, 0) is 43.9 Å². The van der Waals surface area contributed by atoms with E-state index in [1.54, 1.807) is 0 Å². The minimum Gasteiger partial charge on any atom is -0.481 e. The maximum absolute atomic E-state index is 12.0. The van der Waals surface area contributed by atoms with Crippen molar-refractivity contribution in [1.82, 2.24) is 0 Å². The first-order chi connectivity index (χ1) is 10.1. The van der Waals surface area contributed by atoms with Gasteiger partial charge in [-0.2, -0.15) is 0 Å². The van der Waals surface area contributed by atoms with E-state index in [4.69, 9.17) is 0 Å². The lowest BCUT2D eigenvalue weighted by atomic mass is 9.33. The topological polar surface area (TPSA) is 149 Å². The fraction of sp³-hybridized carbons (Fsp3) is 0.714. The fourth-order valence-corrected chi connectivity index (χ4v) is 5.74. The zero-order chi connectivity index (χ0) is 16.5. The average molecular weight is 312 g/mol. The van der Waals surface area contributed by atoms with Gasteiger partial charge in [0, 0.05) is 0 Å². The maximum atomic E-state index is 12.0. The van der Waals surface area contributed by atoms with Gasteiger partial charge in [0.15, 0.2) is 5.41 Å². The first-order valence-corrected chi connectivity index (χ1v) is 7.07. The number of hydrogen-bond acceptors (Lipinski definition) is 4. The highest BCUT2D eigenvalue weighted by Crippen LogP contribution is 2.74. The van der Waals surface area contributed by atoms with Crippen LogP contribution in [0, 0.1) is 28.1 Å². The number of carboxylic acid groups (broad SMARTS) is 4. The third-order valence-corrected chi connectivity index (χ3v) is 6.11. The van der Waals surface area contributed by atoms with E-state index in [-0.39, 0.29) is 37.5 Å². The van der Waals surface area contributed by atoms with Crippen LogP contribution in [0.25, 0.3) is 0 Å². The summed E-state index contributed by atoms with van der Waals surface area (Å²) in [7, 11) is 0. The molecule has 0 saturated heterocycles. The molecule has 0 aromatic rings. The standard InChI is InChI=1S/C14H16O8/c15-8(16)12-2-6-1-7(4-12)5-13(3-6,9(17)18)14(12,10(19)20)11(21)22/h6-7H,1-5H2,(H,15,16)(H,17,18)(H,19,20)(H,21,22). The lowest BCUT2D eigenvalue weighted by Gasteiger charge is -2.65. The molecule has 4 fully saturated rings. The summed E-state index contributed by atoms with van der Waals surface area (Å²) in [6, 6.07) is 0. The highest BCUT2D eigenvalue weighted by Gasteiger charge is 2.84. The van der Waals surface area contributed by atoms with Crippen molar-refractivity contribution in [1.29, 1.82) is 0 Å². The van der Waals surface area contributed by atoms with E-state index >= 15 is 0 Å². The van der Waals surface area contributed by atoms with Crippen molar-refractivity contribution in [2.75, 3.05) is 0 Å². The molecule has 4 bridgehead atoms. The van der Waals surface area contributed by atoms with Crippen molar-refractivity contribution in [3.05, 3.63) is 0 Å². The van der Waals surface area contributed by atoms with Crippen LogP contribution in [0.3, 0.4) is 0 Å². The summed E-state index contributed by atoms with van der Waals surface area (Å²) in [4.78, 5) is 47.8. The Kier molecular flexibility index (Phi) is 2.69. The number of aliphatic carboxylic acids is 4. The molecule has 0 aliphatic heterocycles. The first kappa shape index (κ1) is 14.8. The molecular weight excluding hydrogens is 296 g/mol. The summed E-state index contributed by atoms with van der Waals surface area (Å²) >= 11 is 0. The Morgan fingerprint density at radius 2 is 0.955 bits per heavy atom. The van der Waals surface area contributed by atoms with E-state index < -0.39 is 40.1 Å². The second-order valence-corrected chi connectivity index (χ2v) is 6.92. The zero-order valence-corrected chi connectivity index (χ0v) is 11.6. The predicted molar refractivity (Wildman–Crippen MR) is 67.9 cm³/mol. The summed E-state index contributed by atoms with van der Waals surface area (Å²) in [5.41, 5.74) is -6.95. The van der Waals surface area contributed by atoms with Gasteiger partial charge in [-0.1, -0.05) is 0 Å². The zero-order valence-electron chi connectivity index (χ0n) is 11.6. The molecule has 0 aromatic heterocycles. The van der Waals surface area contributed by atoms with Crippen LogP contribution in [0.1, 0.15) is 32.1 Å². The molecule has 22 heavy (non-hydrogen) atoms. The van der Waals surface area contributed by atoms with Crippen LogP contribution in [-0.4, -0.2) is 44.3 Å². The van der Waals surface area contributed by atoms with Gasteiger partial charge in [0.2, 0.25) is 0 Å². The van der Waals surface area contributed by atoms with Gasteiger partial charge >= 0.3 is 23.9 Å². The van der Waals surface area contributed by atoms with Crippen LogP contribution in [0.4, 0.5) is 0 Å². The Balaban J connectivity index is 2.39. The Morgan fingerprint density at radius 1 is 0.636 bits per heavy atom. The van der Waals surface area contributed by atoms with E-state index in [9.17, 15) is 39.6 Å². The highest BCUT2D eigenvalue weighted by atomic mass is 16.4. The lowest BCUT2D eigenvalue weighted by molar-refractivity contribution is -0.249. The van der Waals surface area contributed by atoms with E-state index in [0.29, 0.717) is 6.42 Å². The van der Waals surface area contributed by atoms with Gasteiger partial charge in [0.25, 0.3) is 0 Å².